The number of methoxy groups -OCH3 is 1. The smallest absolute Gasteiger partial charge is 0.327 e. The van der Waals surface area contributed by atoms with Crippen LogP contribution in [0.2, 0.25) is 0 Å². The van der Waals surface area contributed by atoms with Crippen molar-refractivity contribution in [1.29, 1.82) is 0 Å². The predicted molar refractivity (Wildman–Crippen MR) is 67.1 cm³/mol. The highest BCUT2D eigenvalue weighted by atomic mass is 32.2. The van der Waals surface area contributed by atoms with Crippen molar-refractivity contribution in [2.75, 3.05) is 7.11 Å². The van der Waals surface area contributed by atoms with E-state index in [0.717, 1.165) is 11.8 Å². The zero-order chi connectivity index (χ0) is 14.5. The van der Waals surface area contributed by atoms with Gasteiger partial charge in [0.15, 0.2) is 0 Å². The minimum absolute atomic E-state index is 0.0508. The van der Waals surface area contributed by atoms with Crippen molar-refractivity contribution in [1.82, 2.24) is 20.2 Å². The lowest BCUT2D eigenvalue weighted by Gasteiger charge is -2.03. The number of tetrazole rings is 1. The molecule has 0 unspecified atom stereocenters. The molecule has 20 heavy (non-hydrogen) atoms. The molecule has 0 bridgehead atoms. The topological polar surface area (TPSA) is 113 Å². The van der Waals surface area contributed by atoms with Crippen molar-refractivity contribution in [2.45, 2.75) is 16.6 Å². The molecule has 1 aromatic heterocycles. The van der Waals surface area contributed by atoms with Gasteiger partial charge in [0, 0.05) is 6.07 Å². The standard InChI is InChI=1S/C10H9N5O4S/c1-19-9(16)6-14-10(11-12-13-14)20-8-5-3-2-4-7(8)15(17)18/h2-5H,6H2,1H3. The summed E-state index contributed by atoms with van der Waals surface area (Å²) in [4.78, 5) is 22.0. The number of aromatic nitrogens is 4. The number of benzene rings is 1. The van der Waals surface area contributed by atoms with Crippen LogP contribution in [0.3, 0.4) is 0 Å². The molecule has 1 aromatic carbocycles. The lowest BCUT2D eigenvalue weighted by molar-refractivity contribution is -0.387. The molecule has 0 aliphatic carbocycles. The zero-order valence-electron chi connectivity index (χ0n) is 10.3. The fourth-order valence-electron chi connectivity index (χ4n) is 1.35. The summed E-state index contributed by atoms with van der Waals surface area (Å²) in [7, 11) is 1.25. The molecule has 0 aliphatic heterocycles. The molecule has 0 radical (unpaired) electrons. The molecule has 9 nitrogen and oxygen atoms in total. The summed E-state index contributed by atoms with van der Waals surface area (Å²) in [6.45, 7) is -0.160. The van der Waals surface area contributed by atoms with E-state index < -0.39 is 10.9 Å². The third-order valence-corrected chi connectivity index (χ3v) is 3.31. The normalized spacial score (nSPS) is 10.2. The van der Waals surface area contributed by atoms with Gasteiger partial charge in [0.2, 0.25) is 5.16 Å². The SMILES string of the molecule is COC(=O)Cn1nnnc1Sc1ccccc1[N+](=O)[O-]. The minimum atomic E-state index is -0.512. The molecule has 0 fully saturated rings. The Kier molecular flexibility index (Phi) is 4.25. The number of hydrogen-bond donors (Lipinski definition) is 0. The van der Waals surface area contributed by atoms with Crippen LogP contribution in [-0.4, -0.2) is 38.2 Å². The van der Waals surface area contributed by atoms with Crippen LogP contribution in [0.5, 0.6) is 0 Å². The van der Waals surface area contributed by atoms with E-state index >= 15 is 0 Å². The van der Waals surface area contributed by atoms with Crippen LogP contribution in [0.1, 0.15) is 0 Å². The van der Waals surface area contributed by atoms with Gasteiger partial charge in [-0.2, -0.15) is 0 Å². The number of carbonyl (C=O) groups excluding carboxylic acids is 1. The molecular formula is C10H9N5O4S. The molecule has 10 heteroatoms. The van der Waals surface area contributed by atoms with Crippen LogP contribution in [0.15, 0.2) is 34.3 Å². The van der Waals surface area contributed by atoms with Gasteiger partial charge in [-0.3, -0.25) is 14.9 Å². The second-order valence-corrected chi connectivity index (χ2v) is 4.53. The number of nitro groups is 1. The van der Waals surface area contributed by atoms with Crippen LogP contribution in [0.25, 0.3) is 0 Å². The highest BCUT2D eigenvalue weighted by Crippen LogP contribution is 2.32. The maximum atomic E-state index is 11.2. The largest absolute Gasteiger partial charge is 0.468 e. The summed E-state index contributed by atoms with van der Waals surface area (Å²) in [5, 5.41) is 22.0. The molecular weight excluding hydrogens is 286 g/mol. The second-order valence-electron chi connectivity index (χ2n) is 3.52. The Morgan fingerprint density at radius 1 is 1.50 bits per heavy atom. The van der Waals surface area contributed by atoms with E-state index in [-0.39, 0.29) is 17.4 Å². The molecule has 0 saturated carbocycles. The maximum Gasteiger partial charge on any atom is 0.327 e. The number of rotatable bonds is 5. The van der Waals surface area contributed by atoms with Gasteiger partial charge in [-0.1, -0.05) is 12.1 Å². The van der Waals surface area contributed by atoms with Crippen molar-refractivity contribution >= 4 is 23.4 Å². The summed E-state index contributed by atoms with van der Waals surface area (Å²) in [5.41, 5.74) is -0.0508. The molecule has 1 heterocycles. The van der Waals surface area contributed by atoms with Crippen LogP contribution in [0, 0.1) is 10.1 Å². The molecule has 0 amide bonds. The van der Waals surface area contributed by atoms with E-state index in [1.54, 1.807) is 18.2 Å². The van der Waals surface area contributed by atoms with Crippen LogP contribution in [0.4, 0.5) is 5.69 Å². The van der Waals surface area contributed by atoms with E-state index in [9.17, 15) is 14.9 Å². The first kappa shape index (κ1) is 13.9. The minimum Gasteiger partial charge on any atom is -0.468 e. The van der Waals surface area contributed by atoms with Gasteiger partial charge in [-0.05, 0) is 28.3 Å². The van der Waals surface area contributed by atoms with Gasteiger partial charge in [-0.25, -0.2) is 4.68 Å². The lowest BCUT2D eigenvalue weighted by Crippen LogP contribution is -2.13. The third-order valence-electron chi connectivity index (χ3n) is 2.27. The van der Waals surface area contributed by atoms with Crippen molar-refractivity contribution in [2.24, 2.45) is 0 Å². The molecule has 0 spiro atoms. The number of nitrogens with zero attached hydrogens (tertiary/aromatic N) is 5. The first-order valence-electron chi connectivity index (χ1n) is 5.36. The number of para-hydroxylation sites is 1. The van der Waals surface area contributed by atoms with Gasteiger partial charge in [-0.15, -0.1) is 5.10 Å². The van der Waals surface area contributed by atoms with E-state index in [4.69, 9.17) is 0 Å². The number of ether oxygens (including phenoxy) is 1. The molecule has 0 aliphatic rings. The Morgan fingerprint density at radius 3 is 2.95 bits per heavy atom. The number of carbonyl (C=O) groups is 1. The van der Waals surface area contributed by atoms with Crippen LogP contribution in [-0.2, 0) is 16.1 Å². The van der Waals surface area contributed by atoms with Gasteiger partial charge in [0.1, 0.15) is 6.54 Å². The maximum absolute atomic E-state index is 11.2. The Balaban J connectivity index is 2.25. The number of nitro benzene ring substituents is 1. The average molecular weight is 295 g/mol. The summed E-state index contributed by atoms with van der Waals surface area (Å²) >= 11 is 1.01. The van der Waals surface area contributed by atoms with Crippen molar-refractivity contribution in [3.63, 3.8) is 0 Å². The summed E-state index contributed by atoms with van der Waals surface area (Å²) in [5.74, 6) is -0.512. The number of hydrogen-bond acceptors (Lipinski definition) is 8. The first-order chi connectivity index (χ1) is 9.61. The molecule has 2 aromatic rings. The first-order valence-corrected chi connectivity index (χ1v) is 6.17. The Bertz CT molecular complexity index is 644. The average Bonchev–Trinajstić information content (AvgIpc) is 2.86. The van der Waals surface area contributed by atoms with Gasteiger partial charge < -0.3 is 4.74 Å². The third kappa shape index (κ3) is 3.09. The Morgan fingerprint density at radius 2 is 2.25 bits per heavy atom. The summed E-state index contributed by atoms with van der Waals surface area (Å²) in [6, 6.07) is 6.21. The molecule has 2 rings (SSSR count). The Labute approximate surface area is 117 Å². The summed E-state index contributed by atoms with van der Waals surface area (Å²) in [6.07, 6.45) is 0. The van der Waals surface area contributed by atoms with Crippen LogP contribution < -0.4 is 0 Å². The Hall–Kier alpha value is -2.49. The molecule has 104 valence electrons. The molecule has 0 atom stereocenters. The van der Waals surface area contributed by atoms with E-state index in [1.807, 2.05) is 0 Å². The zero-order valence-corrected chi connectivity index (χ0v) is 11.1. The number of esters is 1. The van der Waals surface area contributed by atoms with Crippen LogP contribution >= 0.6 is 11.8 Å². The second kappa shape index (κ2) is 6.10. The van der Waals surface area contributed by atoms with Gasteiger partial charge >= 0.3 is 5.97 Å². The fraction of sp³-hybridized carbons (Fsp3) is 0.200. The molecule has 0 N–H and O–H groups in total. The lowest BCUT2D eigenvalue weighted by atomic mass is 10.3. The van der Waals surface area contributed by atoms with Gasteiger partial charge in [0.05, 0.1) is 16.9 Å². The van der Waals surface area contributed by atoms with Gasteiger partial charge in [0.25, 0.3) is 5.69 Å². The molecule has 0 saturated heterocycles. The highest BCUT2D eigenvalue weighted by Gasteiger charge is 2.18. The van der Waals surface area contributed by atoms with E-state index in [2.05, 4.69) is 20.3 Å². The fourth-order valence-corrected chi connectivity index (χ4v) is 2.22. The van der Waals surface area contributed by atoms with Crippen molar-refractivity contribution in [3.05, 3.63) is 34.4 Å². The quantitative estimate of drug-likeness (QED) is 0.454. The van der Waals surface area contributed by atoms with E-state index in [0.29, 0.717) is 4.90 Å². The van der Waals surface area contributed by atoms with E-state index in [1.165, 1.54) is 17.9 Å². The summed E-state index contributed by atoms with van der Waals surface area (Å²) < 4.78 is 5.73. The van der Waals surface area contributed by atoms with Crippen molar-refractivity contribution in [3.8, 4) is 0 Å². The monoisotopic (exact) mass is 295 g/mol. The predicted octanol–water partition coefficient (Wildman–Crippen LogP) is 0.905. The highest BCUT2D eigenvalue weighted by molar-refractivity contribution is 7.99. The van der Waals surface area contributed by atoms with Crippen molar-refractivity contribution < 1.29 is 14.5 Å².